The molecule has 1 aliphatic rings. The lowest BCUT2D eigenvalue weighted by Gasteiger charge is -2.09. The zero-order chi connectivity index (χ0) is 14.8. The minimum atomic E-state index is -0.154. The molecule has 1 aromatic heterocycles. The van der Waals surface area contributed by atoms with E-state index < -0.39 is 0 Å². The molecule has 21 heavy (non-hydrogen) atoms. The van der Waals surface area contributed by atoms with Gasteiger partial charge < -0.3 is 4.98 Å². The van der Waals surface area contributed by atoms with E-state index in [-0.39, 0.29) is 5.91 Å². The summed E-state index contributed by atoms with van der Waals surface area (Å²) in [6, 6.07) is 3.58. The van der Waals surface area contributed by atoms with Crippen LogP contribution in [-0.4, -0.2) is 16.6 Å². The highest BCUT2D eigenvalue weighted by Gasteiger charge is 2.06. The first kappa shape index (κ1) is 15.8. The quantitative estimate of drug-likeness (QED) is 0.779. The Morgan fingerprint density at radius 1 is 0.952 bits per heavy atom. The Balaban J connectivity index is 1.84. The first-order chi connectivity index (χ1) is 10.4. The highest BCUT2D eigenvalue weighted by Crippen LogP contribution is 2.15. The number of carbonyl (C=O) groups is 1. The SMILES string of the molecule is O=C(NN=C1CCCCCCCCCCC1)c1ccc[nH]1. The standard InChI is InChI=1S/C17H27N3O/c21-17(16-13-10-14-18-16)20-19-15-11-8-6-4-2-1-3-5-7-9-12-15/h10,13-14,18H,1-9,11-12H2,(H,20,21). The van der Waals surface area contributed by atoms with Gasteiger partial charge in [-0.3, -0.25) is 4.79 Å². The summed E-state index contributed by atoms with van der Waals surface area (Å²) in [7, 11) is 0. The number of amides is 1. The van der Waals surface area contributed by atoms with E-state index >= 15 is 0 Å². The van der Waals surface area contributed by atoms with Gasteiger partial charge in [-0.25, -0.2) is 5.43 Å². The summed E-state index contributed by atoms with van der Waals surface area (Å²) < 4.78 is 0. The summed E-state index contributed by atoms with van der Waals surface area (Å²) in [5, 5.41) is 4.36. The number of hydrazone groups is 1. The van der Waals surface area contributed by atoms with Gasteiger partial charge in [-0.05, 0) is 37.8 Å². The third-order valence-electron chi connectivity index (χ3n) is 4.09. The van der Waals surface area contributed by atoms with Gasteiger partial charge in [0.2, 0.25) is 0 Å². The van der Waals surface area contributed by atoms with Crippen LogP contribution in [0, 0.1) is 0 Å². The number of aromatic amines is 1. The van der Waals surface area contributed by atoms with Crippen molar-refractivity contribution >= 4 is 11.6 Å². The summed E-state index contributed by atoms with van der Waals surface area (Å²) in [5.41, 5.74) is 4.40. The zero-order valence-electron chi connectivity index (χ0n) is 12.9. The molecule has 1 aromatic rings. The molecule has 2 rings (SSSR count). The molecule has 0 unspecified atom stereocenters. The van der Waals surface area contributed by atoms with Gasteiger partial charge in [-0.15, -0.1) is 0 Å². The first-order valence-corrected chi connectivity index (χ1v) is 8.35. The van der Waals surface area contributed by atoms with Gasteiger partial charge in [0.25, 0.3) is 5.91 Å². The maximum absolute atomic E-state index is 11.9. The number of aromatic nitrogens is 1. The van der Waals surface area contributed by atoms with Crippen LogP contribution in [0.5, 0.6) is 0 Å². The zero-order valence-corrected chi connectivity index (χ0v) is 12.9. The summed E-state index contributed by atoms with van der Waals surface area (Å²) >= 11 is 0. The van der Waals surface area contributed by atoms with Crippen molar-refractivity contribution in [3.63, 3.8) is 0 Å². The van der Waals surface area contributed by atoms with Crippen molar-refractivity contribution in [2.24, 2.45) is 5.10 Å². The number of nitrogens with one attached hydrogen (secondary N) is 2. The lowest BCUT2D eigenvalue weighted by Crippen LogP contribution is -2.20. The van der Waals surface area contributed by atoms with Gasteiger partial charge in [0.05, 0.1) is 0 Å². The third-order valence-corrected chi connectivity index (χ3v) is 4.09. The number of hydrogen-bond donors (Lipinski definition) is 2. The van der Waals surface area contributed by atoms with Crippen molar-refractivity contribution in [3.05, 3.63) is 24.0 Å². The van der Waals surface area contributed by atoms with E-state index in [1.165, 1.54) is 57.8 Å². The minimum absolute atomic E-state index is 0.154. The molecule has 0 spiro atoms. The minimum Gasteiger partial charge on any atom is -0.357 e. The average Bonchev–Trinajstić information content (AvgIpc) is 3.01. The molecular weight excluding hydrogens is 262 g/mol. The monoisotopic (exact) mass is 289 g/mol. The van der Waals surface area contributed by atoms with Gasteiger partial charge in [0, 0.05) is 11.9 Å². The predicted octanol–water partition coefficient (Wildman–Crippen LogP) is 4.41. The molecule has 4 heteroatoms. The van der Waals surface area contributed by atoms with E-state index in [1.807, 2.05) is 6.07 Å². The topological polar surface area (TPSA) is 57.2 Å². The number of rotatable bonds is 2. The fourth-order valence-corrected chi connectivity index (χ4v) is 2.79. The number of nitrogens with zero attached hydrogens (tertiary/aromatic N) is 1. The Hall–Kier alpha value is -1.58. The highest BCUT2D eigenvalue weighted by atomic mass is 16.2. The molecule has 1 aliphatic carbocycles. The van der Waals surface area contributed by atoms with Crippen molar-refractivity contribution in [2.45, 2.75) is 70.6 Å². The molecule has 0 bridgehead atoms. The molecule has 116 valence electrons. The normalized spacial score (nSPS) is 18.4. The van der Waals surface area contributed by atoms with Crippen LogP contribution in [0.3, 0.4) is 0 Å². The Morgan fingerprint density at radius 3 is 2.05 bits per heavy atom. The smallest absolute Gasteiger partial charge is 0.287 e. The molecule has 0 atom stereocenters. The molecule has 1 fully saturated rings. The highest BCUT2D eigenvalue weighted by molar-refractivity contribution is 5.93. The Morgan fingerprint density at radius 2 is 1.52 bits per heavy atom. The largest absolute Gasteiger partial charge is 0.357 e. The van der Waals surface area contributed by atoms with Crippen LogP contribution in [0.1, 0.15) is 81.1 Å². The van der Waals surface area contributed by atoms with E-state index in [0.717, 1.165) is 18.6 Å². The summed E-state index contributed by atoms with van der Waals surface area (Å²) in [6.07, 6.45) is 15.5. The number of hydrogen-bond acceptors (Lipinski definition) is 2. The molecule has 0 aliphatic heterocycles. The van der Waals surface area contributed by atoms with E-state index in [2.05, 4.69) is 15.5 Å². The second kappa shape index (κ2) is 9.37. The molecule has 0 aromatic carbocycles. The van der Waals surface area contributed by atoms with Crippen LogP contribution in [-0.2, 0) is 0 Å². The summed E-state index contributed by atoms with van der Waals surface area (Å²) in [6.45, 7) is 0. The fourth-order valence-electron chi connectivity index (χ4n) is 2.79. The van der Waals surface area contributed by atoms with Gasteiger partial charge >= 0.3 is 0 Å². The summed E-state index contributed by atoms with van der Waals surface area (Å²) in [5.74, 6) is -0.154. The Labute approximate surface area is 127 Å². The maximum Gasteiger partial charge on any atom is 0.287 e. The van der Waals surface area contributed by atoms with Gasteiger partial charge in [-0.2, -0.15) is 5.10 Å². The molecule has 2 N–H and O–H groups in total. The van der Waals surface area contributed by atoms with Crippen LogP contribution >= 0.6 is 0 Å². The Kier molecular flexibility index (Phi) is 7.05. The second-order valence-corrected chi connectivity index (χ2v) is 5.88. The van der Waals surface area contributed by atoms with Crippen molar-refractivity contribution in [1.82, 2.24) is 10.4 Å². The lowest BCUT2D eigenvalue weighted by atomic mass is 10.00. The van der Waals surface area contributed by atoms with Crippen LogP contribution < -0.4 is 5.43 Å². The van der Waals surface area contributed by atoms with Crippen molar-refractivity contribution in [2.75, 3.05) is 0 Å². The van der Waals surface area contributed by atoms with Crippen LogP contribution in [0.2, 0.25) is 0 Å². The number of carbonyl (C=O) groups excluding carboxylic acids is 1. The van der Waals surface area contributed by atoms with E-state index in [0.29, 0.717) is 5.69 Å². The number of H-pyrrole nitrogens is 1. The van der Waals surface area contributed by atoms with E-state index in [1.54, 1.807) is 12.3 Å². The van der Waals surface area contributed by atoms with Crippen molar-refractivity contribution in [1.29, 1.82) is 0 Å². The van der Waals surface area contributed by atoms with Crippen molar-refractivity contribution in [3.8, 4) is 0 Å². The third kappa shape index (κ3) is 6.15. The van der Waals surface area contributed by atoms with Gasteiger partial charge in [0.1, 0.15) is 5.69 Å². The van der Waals surface area contributed by atoms with E-state index in [9.17, 15) is 4.79 Å². The fraction of sp³-hybridized carbons (Fsp3) is 0.647. The molecule has 1 amide bonds. The first-order valence-electron chi connectivity index (χ1n) is 8.35. The van der Waals surface area contributed by atoms with Gasteiger partial charge in [-0.1, -0.05) is 44.9 Å². The molecule has 0 radical (unpaired) electrons. The Bertz CT molecular complexity index is 423. The molecule has 1 heterocycles. The van der Waals surface area contributed by atoms with Crippen molar-refractivity contribution < 1.29 is 4.79 Å². The average molecular weight is 289 g/mol. The van der Waals surface area contributed by atoms with Crippen LogP contribution in [0.15, 0.2) is 23.4 Å². The molecule has 0 saturated heterocycles. The van der Waals surface area contributed by atoms with Crippen LogP contribution in [0.25, 0.3) is 0 Å². The molecule has 4 nitrogen and oxygen atoms in total. The summed E-state index contributed by atoms with van der Waals surface area (Å²) in [4.78, 5) is 14.8. The molecular formula is C17H27N3O. The maximum atomic E-state index is 11.9. The molecule has 1 saturated carbocycles. The predicted molar refractivity (Wildman–Crippen MR) is 86.5 cm³/mol. The van der Waals surface area contributed by atoms with E-state index in [4.69, 9.17) is 0 Å². The van der Waals surface area contributed by atoms with Crippen LogP contribution in [0.4, 0.5) is 0 Å². The lowest BCUT2D eigenvalue weighted by molar-refractivity contribution is 0.0950. The van der Waals surface area contributed by atoms with Gasteiger partial charge in [0.15, 0.2) is 0 Å². The second-order valence-electron chi connectivity index (χ2n) is 5.88.